The maximum atomic E-state index is 2.37. The molecule has 0 saturated carbocycles. The first kappa shape index (κ1) is 16.6. The molecule has 0 N–H and O–H groups in total. The summed E-state index contributed by atoms with van der Waals surface area (Å²) in [6.07, 6.45) is 11.8. The van der Waals surface area contributed by atoms with E-state index in [0.717, 1.165) is 6.42 Å². The lowest BCUT2D eigenvalue weighted by molar-refractivity contribution is 1.19. The molecule has 1 aliphatic rings. The monoisotopic (exact) mass is 359 g/mol. The van der Waals surface area contributed by atoms with E-state index in [1.165, 1.54) is 38.6 Å². The fourth-order valence-electron chi connectivity index (χ4n) is 3.96. The molecule has 134 valence electrons. The van der Waals surface area contributed by atoms with E-state index >= 15 is 0 Å². The molecule has 1 nitrogen and oxygen atoms in total. The number of hydrogen-bond acceptors (Lipinski definition) is 1. The third-order valence-corrected chi connectivity index (χ3v) is 5.24. The van der Waals surface area contributed by atoms with E-state index in [9.17, 15) is 0 Å². The van der Waals surface area contributed by atoms with Crippen molar-refractivity contribution in [3.8, 4) is 0 Å². The van der Waals surface area contributed by atoms with E-state index in [1.54, 1.807) is 0 Å². The summed E-state index contributed by atoms with van der Waals surface area (Å²) in [4.78, 5) is 2.37. The molecular formula is C27H21N. The van der Waals surface area contributed by atoms with Gasteiger partial charge in [0, 0.05) is 16.8 Å². The van der Waals surface area contributed by atoms with Gasteiger partial charge < -0.3 is 4.90 Å². The molecule has 0 aromatic heterocycles. The highest BCUT2D eigenvalue weighted by Gasteiger charge is 2.17. The van der Waals surface area contributed by atoms with E-state index < -0.39 is 0 Å². The Hall–Kier alpha value is -3.58. The zero-order valence-corrected chi connectivity index (χ0v) is 15.6. The number of nitrogens with zero attached hydrogens (tertiary/aromatic N) is 1. The average molecular weight is 359 g/mol. The summed E-state index contributed by atoms with van der Waals surface area (Å²) in [5.74, 6) is 0. The smallest absolute Gasteiger partial charge is 0.0546 e. The molecule has 4 aromatic carbocycles. The lowest BCUT2D eigenvalue weighted by Gasteiger charge is -2.28. The first-order valence-corrected chi connectivity index (χ1v) is 9.71. The van der Waals surface area contributed by atoms with E-state index in [4.69, 9.17) is 0 Å². The Morgan fingerprint density at radius 2 is 1.36 bits per heavy atom. The Labute approximate surface area is 165 Å². The lowest BCUT2D eigenvalue weighted by Crippen LogP contribution is -2.15. The zero-order chi connectivity index (χ0) is 18.8. The predicted molar refractivity (Wildman–Crippen MR) is 121 cm³/mol. The number of benzene rings is 4. The van der Waals surface area contributed by atoms with Crippen molar-refractivity contribution in [1.29, 1.82) is 0 Å². The number of hydrogen-bond donors (Lipinski definition) is 0. The molecular weight excluding hydrogens is 338 g/mol. The maximum Gasteiger partial charge on any atom is 0.0546 e. The Morgan fingerprint density at radius 1 is 0.643 bits per heavy atom. The first-order chi connectivity index (χ1) is 13.9. The van der Waals surface area contributed by atoms with Crippen molar-refractivity contribution in [3.05, 3.63) is 121 Å². The van der Waals surface area contributed by atoms with Gasteiger partial charge in [-0.15, -0.1) is 0 Å². The van der Waals surface area contributed by atoms with Crippen LogP contribution in [0.3, 0.4) is 0 Å². The molecule has 0 atom stereocenters. The van der Waals surface area contributed by atoms with Crippen LogP contribution in [-0.4, -0.2) is 0 Å². The molecule has 0 spiro atoms. The SMILES string of the molecule is C1=CCC=C(N(c2ccccc2)c2cc3ccccc3c3ccccc23)C=C1. The number of anilines is 2. The zero-order valence-electron chi connectivity index (χ0n) is 15.6. The second kappa shape index (κ2) is 7.21. The van der Waals surface area contributed by atoms with Crippen LogP contribution in [0.5, 0.6) is 0 Å². The van der Waals surface area contributed by atoms with E-state index in [1.807, 2.05) is 0 Å². The molecule has 0 aliphatic heterocycles. The molecule has 4 aromatic rings. The van der Waals surface area contributed by atoms with Crippen LogP contribution in [0.2, 0.25) is 0 Å². The van der Waals surface area contributed by atoms with Crippen LogP contribution in [0.4, 0.5) is 11.4 Å². The second-order valence-corrected chi connectivity index (χ2v) is 6.99. The summed E-state index contributed by atoms with van der Waals surface area (Å²) in [5, 5.41) is 5.10. The van der Waals surface area contributed by atoms with E-state index in [0.29, 0.717) is 0 Å². The summed E-state index contributed by atoms with van der Waals surface area (Å²) < 4.78 is 0. The summed E-state index contributed by atoms with van der Waals surface area (Å²) in [6, 6.07) is 30.3. The van der Waals surface area contributed by atoms with Crippen molar-refractivity contribution in [3.63, 3.8) is 0 Å². The Kier molecular flexibility index (Phi) is 4.27. The van der Waals surface area contributed by atoms with Gasteiger partial charge >= 0.3 is 0 Å². The second-order valence-electron chi connectivity index (χ2n) is 6.99. The number of rotatable bonds is 3. The van der Waals surface area contributed by atoms with E-state index in [2.05, 4.69) is 120 Å². The Balaban J connectivity index is 1.84. The van der Waals surface area contributed by atoms with Gasteiger partial charge in [0.2, 0.25) is 0 Å². The lowest BCUT2D eigenvalue weighted by atomic mass is 9.99. The van der Waals surface area contributed by atoms with Crippen LogP contribution in [0.1, 0.15) is 6.42 Å². The third-order valence-electron chi connectivity index (χ3n) is 5.24. The molecule has 0 radical (unpaired) electrons. The minimum absolute atomic E-state index is 0.928. The largest absolute Gasteiger partial charge is 0.310 e. The predicted octanol–water partition coefficient (Wildman–Crippen LogP) is 7.53. The van der Waals surface area contributed by atoms with Gasteiger partial charge in [0.15, 0.2) is 0 Å². The minimum atomic E-state index is 0.928. The van der Waals surface area contributed by atoms with Gasteiger partial charge in [0.05, 0.1) is 5.69 Å². The molecule has 0 fully saturated rings. The van der Waals surface area contributed by atoms with Crippen molar-refractivity contribution >= 4 is 32.9 Å². The van der Waals surface area contributed by atoms with Crippen molar-refractivity contribution in [2.24, 2.45) is 0 Å². The van der Waals surface area contributed by atoms with Gasteiger partial charge in [0.25, 0.3) is 0 Å². The van der Waals surface area contributed by atoms with Gasteiger partial charge in [-0.05, 0) is 46.9 Å². The molecule has 0 bridgehead atoms. The van der Waals surface area contributed by atoms with Gasteiger partial charge in [-0.1, -0.05) is 91.0 Å². The van der Waals surface area contributed by atoms with Crippen molar-refractivity contribution in [2.75, 3.05) is 4.90 Å². The molecule has 1 aliphatic carbocycles. The van der Waals surface area contributed by atoms with Gasteiger partial charge in [0.1, 0.15) is 0 Å². The molecule has 0 heterocycles. The number of allylic oxidation sites excluding steroid dienone is 5. The summed E-state index contributed by atoms with van der Waals surface area (Å²) in [7, 11) is 0. The molecule has 0 amide bonds. The number of para-hydroxylation sites is 1. The molecule has 1 heteroatoms. The van der Waals surface area contributed by atoms with Crippen LogP contribution in [0.25, 0.3) is 21.5 Å². The van der Waals surface area contributed by atoms with E-state index in [-0.39, 0.29) is 0 Å². The third kappa shape index (κ3) is 2.91. The fourth-order valence-corrected chi connectivity index (χ4v) is 3.96. The normalized spacial score (nSPS) is 13.5. The van der Waals surface area contributed by atoms with Crippen LogP contribution >= 0.6 is 0 Å². The Bertz CT molecular complexity index is 1230. The standard InChI is InChI=1S/C27H21N/c1-2-5-14-22(13-4-1)28(23-15-6-3-7-16-23)27-20-21-12-8-9-17-24(21)25-18-10-11-19-26(25)27/h1-4,6-20H,5H2. The minimum Gasteiger partial charge on any atom is -0.310 e. The van der Waals surface area contributed by atoms with Crippen LogP contribution in [0, 0.1) is 0 Å². The van der Waals surface area contributed by atoms with Gasteiger partial charge in [-0.25, -0.2) is 0 Å². The first-order valence-electron chi connectivity index (χ1n) is 9.71. The van der Waals surface area contributed by atoms with Gasteiger partial charge in [-0.3, -0.25) is 0 Å². The van der Waals surface area contributed by atoms with Crippen molar-refractivity contribution in [1.82, 2.24) is 0 Å². The summed E-state index contributed by atoms with van der Waals surface area (Å²) in [6.45, 7) is 0. The van der Waals surface area contributed by atoms with Crippen LogP contribution < -0.4 is 4.90 Å². The summed E-state index contributed by atoms with van der Waals surface area (Å²) in [5.41, 5.74) is 3.57. The molecule has 0 saturated heterocycles. The van der Waals surface area contributed by atoms with Crippen molar-refractivity contribution < 1.29 is 0 Å². The van der Waals surface area contributed by atoms with Crippen LogP contribution in [0.15, 0.2) is 121 Å². The highest BCUT2D eigenvalue weighted by Crippen LogP contribution is 2.39. The topological polar surface area (TPSA) is 3.24 Å². The van der Waals surface area contributed by atoms with Gasteiger partial charge in [-0.2, -0.15) is 0 Å². The maximum absolute atomic E-state index is 2.37. The van der Waals surface area contributed by atoms with Crippen LogP contribution in [-0.2, 0) is 0 Å². The molecule has 0 unspecified atom stereocenters. The van der Waals surface area contributed by atoms with Crippen molar-refractivity contribution in [2.45, 2.75) is 6.42 Å². The highest BCUT2D eigenvalue weighted by atomic mass is 15.1. The quantitative estimate of drug-likeness (QED) is 0.342. The number of fused-ring (bicyclic) bond motifs is 3. The molecule has 28 heavy (non-hydrogen) atoms. The Morgan fingerprint density at radius 3 is 2.21 bits per heavy atom. The average Bonchev–Trinajstić information content (AvgIpc) is 3.04. The highest BCUT2D eigenvalue weighted by molar-refractivity contribution is 6.14. The fraction of sp³-hybridized carbons (Fsp3) is 0.0370. The summed E-state index contributed by atoms with van der Waals surface area (Å²) >= 11 is 0. The molecule has 5 rings (SSSR count).